The number of hydrogen-bond donors (Lipinski definition) is 0. The summed E-state index contributed by atoms with van der Waals surface area (Å²) in [7, 11) is 0. The van der Waals surface area contributed by atoms with Crippen molar-refractivity contribution in [2.45, 2.75) is 32.4 Å². The molecule has 2 atom stereocenters. The van der Waals surface area contributed by atoms with E-state index in [9.17, 15) is 9.59 Å². The SMILES string of the molecule is CC(=O)N(c1ccccc1)[C@H]1C[C@@H](C)N(C(=O)c2csc3ccccc23)c2ccccc21. The van der Waals surface area contributed by atoms with Crippen LogP contribution in [0.3, 0.4) is 0 Å². The molecule has 0 fully saturated rings. The van der Waals surface area contributed by atoms with Crippen LogP contribution in [-0.2, 0) is 4.79 Å². The van der Waals surface area contributed by atoms with Crippen LogP contribution in [0.15, 0.2) is 84.2 Å². The molecule has 0 unspecified atom stereocenters. The maximum Gasteiger partial charge on any atom is 0.260 e. The third-order valence-electron chi connectivity index (χ3n) is 6.18. The average molecular weight is 441 g/mol. The highest BCUT2D eigenvalue weighted by Gasteiger charge is 2.38. The van der Waals surface area contributed by atoms with Gasteiger partial charge in [-0.25, -0.2) is 0 Å². The predicted molar refractivity (Wildman–Crippen MR) is 131 cm³/mol. The second-order valence-corrected chi connectivity index (χ2v) is 9.12. The van der Waals surface area contributed by atoms with E-state index in [-0.39, 0.29) is 23.9 Å². The Labute approximate surface area is 191 Å². The monoisotopic (exact) mass is 440 g/mol. The van der Waals surface area contributed by atoms with Crippen molar-refractivity contribution >= 4 is 44.6 Å². The first-order valence-corrected chi connectivity index (χ1v) is 11.7. The molecule has 1 aromatic heterocycles. The Kier molecular flexibility index (Phi) is 5.27. The first-order chi connectivity index (χ1) is 15.6. The molecule has 3 aromatic carbocycles. The molecule has 0 radical (unpaired) electrons. The molecule has 5 heteroatoms. The van der Waals surface area contributed by atoms with E-state index >= 15 is 0 Å². The maximum absolute atomic E-state index is 13.8. The van der Waals surface area contributed by atoms with E-state index in [1.807, 2.05) is 94.0 Å². The Hall–Kier alpha value is -3.44. The van der Waals surface area contributed by atoms with Gasteiger partial charge in [0, 0.05) is 39.8 Å². The van der Waals surface area contributed by atoms with Gasteiger partial charge < -0.3 is 9.80 Å². The third-order valence-corrected chi connectivity index (χ3v) is 7.14. The van der Waals surface area contributed by atoms with Gasteiger partial charge >= 0.3 is 0 Å². The van der Waals surface area contributed by atoms with Gasteiger partial charge in [-0.1, -0.05) is 54.6 Å². The van der Waals surface area contributed by atoms with Crippen molar-refractivity contribution in [1.29, 1.82) is 0 Å². The number of rotatable bonds is 3. The molecule has 1 aliphatic rings. The molecule has 32 heavy (non-hydrogen) atoms. The highest BCUT2D eigenvalue weighted by Crippen LogP contribution is 2.43. The Morgan fingerprint density at radius 1 is 0.938 bits per heavy atom. The fraction of sp³-hybridized carbons (Fsp3) is 0.185. The Morgan fingerprint density at radius 3 is 2.41 bits per heavy atom. The summed E-state index contributed by atoms with van der Waals surface area (Å²) < 4.78 is 1.11. The summed E-state index contributed by atoms with van der Waals surface area (Å²) in [4.78, 5) is 30.3. The summed E-state index contributed by atoms with van der Waals surface area (Å²) in [6.07, 6.45) is 0.666. The lowest BCUT2D eigenvalue weighted by Gasteiger charge is -2.43. The van der Waals surface area contributed by atoms with E-state index in [1.54, 1.807) is 18.3 Å². The largest absolute Gasteiger partial charge is 0.305 e. The highest BCUT2D eigenvalue weighted by molar-refractivity contribution is 7.17. The summed E-state index contributed by atoms with van der Waals surface area (Å²) in [6, 6.07) is 25.6. The van der Waals surface area contributed by atoms with Gasteiger partial charge in [0.15, 0.2) is 0 Å². The smallest absolute Gasteiger partial charge is 0.260 e. The second-order valence-electron chi connectivity index (χ2n) is 8.20. The fourth-order valence-corrected chi connectivity index (χ4v) is 5.71. The van der Waals surface area contributed by atoms with Crippen LogP contribution in [0, 0.1) is 0 Å². The van der Waals surface area contributed by atoms with E-state index in [0.29, 0.717) is 6.42 Å². The second kappa shape index (κ2) is 8.24. The van der Waals surface area contributed by atoms with Crippen LogP contribution >= 0.6 is 11.3 Å². The van der Waals surface area contributed by atoms with Gasteiger partial charge in [-0.15, -0.1) is 11.3 Å². The normalized spacial score (nSPS) is 17.8. The zero-order chi connectivity index (χ0) is 22.2. The van der Waals surface area contributed by atoms with Crippen LogP contribution < -0.4 is 9.80 Å². The number of amides is 2. The van der Waals surface area contributed by atoms with Crippen molar-refractivity contribution in [3.8, 4) is 0 Å². The lowest BCUT2D eigenvalue weighted by molar-refractivity contribution is -0.117. The van der Waals surface area contributed by atoms with Crippen LogP contribution in [0.25, 0.3) is 10.1 Å². The number of nitrogens with zero attached hydrogens (tertiary/aromatic N) is 2. The number of carbonyl (C=O) groups excluding carboxylic acids is 2. The zero-order valence-electron chi connectivity index (χ0n) is 18.1. The molecule has 0 aliphatic carbocycles. The van der Waals surface area contributed by atoms with E-state index in [0.717, 1.165) is 32.6 Å². The van der Waals surface area contributed by atoms with Gasteiger partial charge in [-0.05, 0) is 43.2 Å². The minimum Gasteiger partial charge on any atom is -0.305 e. The van der Waals surface area contributed by atoms with Crippen molar-refractivity contribution in [3.63, 3.8) is 0 Å². The van der Waals surface area contributed by atoms with Crippen molar-refractivity contribution in [1.82, 2.24) is 0 Å². The number of fused-ring (bicyclic) bond motifs is 2. The van der Waals surface area contributed by atoms with Gasteiger partial charge in [0.2, 0.25) is 5.91 Å². The molecule has 5 rings (SSSR count). The van der Waals surface area contributed by atoms with E-state index < -0.39 is 0 Å². The van der Waals surface area contributed by atoms with Crippen molar-refractivity contribution in [2.75, 3.05) is 9.80 Å². The quantitative estimate of drug-likeness (QED) is 0.368. The van der Waals surface area contributed by atoms with Crippen LogP contribution in [0.2, 0.25) is 0 Å². The van der Waals surface area contributed by atoms with Crippen LogP contribution in [0.5, 0.6) is 0 Å². The van der Waals surface area contributed by atoms with Gasteiger partial charge in [0.1, 0.15) is 0 Å². The Bertz CT molecular complexity index is 1300. The maximum atomic E-state index is 13.8. The fourth-order valence-electron chi connectivity index (χ4n) is 4.78. The van der Waals surface area contributed by atoms with E-state index in [4.69, 9.17) is 0 Å². The molecule has 2 heterocycles. The summed E-state index contributed by atoms with van der Waals surface area (Å²) >= 11 is 1.60. The third kappa shape index (κ3) is 3.39. The molecule has 0 saturated carbocycles. The molecule has 4 aromatic rings. The summed E-state index contributed by atoms with van der Waals surface area (Å²) in [5, 5.41) is 2.95. The van der Waals surface area contributed by atoms with Crippen LogP contribution in [0.4, 0.5) is 11.4 Å². The van der Waals surface area contributed by atoms with Crippen molar-refractivity contribution in [3.05, 3.63) is 95.4 Å². The first-order valence-electron chi connectivity index (χ1n) is 10.8. The average Bonchev–Trinajstić information content (AvgIpc) is 3.24. The molecule has 1 aliphatic heterocycles. The molecule has 2 amide bonds. The number of anilines is 2. The van der Waals surface area contributed by atoms with Crippen molar-refractivity contribution < 1.29 is 9.59 Å². The molecule has 0 spiro atoms. The number of hydrogen-bond acceptors (Lipinski definition) is 3. The number of para-hydroxylation sites is 2. The highest BCUT2D eigenvalue weighted by atomic mass is 32.1. The summed E-state index contributed by atoms with van der Waals surface area (Å²) in [5.74, 6) is 0.00162. The predicted octanol–water partition coefficient (Wildman–Crippen LogP) is 6.43. The molecule has 0 bridgehead atoms. The molecule has 0 N–H and O–H groups in total. The molecular weight excluding hydrogens is 416 g/mol. The number of thiophene rings is 1. The molecular formula is C27H24N2O2S. The zero-order valence-corrected chi connectivity index (χ0v) is 18.9. The lowest BCUT2D eigenvalue weighted by Crippen LogP contribution is -2.47. The van der Waals surface area contributed by atoms with Crippen LogP contribution in [-0.4, -0.2) is 17.9 Å². The van der Waals surface area contributed by atoms with Gasteiger partial charge in [0.25, 0.3) is 5.91 Å². The molecule has 0 saturated heterocycles. The standard InChI is InChI=1S/C27H24N2O2S/c1-18-16-25(29(19(2)30)20-10-4-3-5-11-20)22-13-6-8-14-24(22)28(18)27(31)23-17-32-26-15-9-7-12-21(23)26/h3-15,17-18,25H,16H2,1-2H3/t18-,25+/m1/s1. The number of carbonyl (C=O) groups is 2. The van der Waals surface area contributed by atoms with E-state index in [1.165, 1.54) is 0 Å². The van der Waals surface area contributed by atoms with Gasteiger partial charge in [-0.3, -0.25) is 9.59 Å². The van der Waals surface area contributed by atoms with Crippen LogP contribution in [0.1, 0.15) is 42.2 Å². The lowest BCUT2D eigenvalue weighted by atomic mass is 9.89. The first kappa shape index (κ1) is 20.5. The molecule has 4 nitrogen and oxygen atoms in total. The summed E-state index contributed by atoms with van der Waals surface area (Å²) in [5.41, 5.74) is 3.48. The Balaban J connectivity index is 1.59. The topological polar surface area (TPSA) is 40.6 Å². The van der Waals surface area contributed by atoms with E-state index in [2.05, 4.69) is 6.92 Å². The Morgan fingerprint density at radius 2 is 1.62 bits per heavy atom. The summed E-state index contributed by atoms with van der Waals surface area (Å²) in [6.45, 7) is 3.67. The minimum absolute atomic E-state index is 0.00758. The molecule has 160 valence electrons. The number of benzene rings is 3. The van der Waals surface area contributed by atoms with Gasteiger partial charge in [0.05, 0.1) is 11.6 Å². The van der Waals surface area contributed by atoms with Gasteiger partial charge in [-0.2, -0.15) is 0 Å². The minimum atomic E-state index is -0.135. The van der Waals surface area contributed by atoms with Crippen molar-refractivity contribution in [2.24, 2.45) is 0 Å².